The van der Waals surface area contributed by atoms with E-state index >= 15 is 0 Å². The molecule has 0 radical (unpaired) electrons. The van der Waals surface area contributed by atoms with Crippen LogP contribution in [0.2, 0.25) is 0 Å². The van der Waals surface area contributed by atoms with Gasteiger partial charge in [-0.15, -0.1) is 0 Å². The lowest BCUT2D eigenvalue weighted by Crippen LogP contribution is -2.04. The molecule has 0 saturated heterocycles. The Hall–Kier alpha value is -2.23. The zero-order chi connectivity index (χ0) is 12.3. The highest BCUT2D eigenvalue weighted by Crippen LogP contribution is 2.24. The van der Waals surface area contributed by atoms with Crippen LogP contribution in [0.1, 0.15) is 5.56 Å². The summed E-state index contributed by atoms with van der Waals surface area (Å²) in [6.07, 6.45) is 0. The van der Waals surface area contributed by atoms with Gasteiger partial charge in [-0.1, -0.05) is 18.2 Å². The highest BCUT2D eigenvalue weighted by Gasteiger charge is 2.01. The molecular formula is C13H14FN3. The van der Waals surface area contributed by atoms with Crippen LogP contribution in [-0.2, 0) is 6.54 Å². The highest BCUT2D eigenvalue weighted by atomic mass is 19.1. The van der Waals surface area contributed by atoms with Gasteiger partial charge in [-0.25, -0.2) is 4.39 Å². The van der Waals surface area contributed by atoms with Crippen LogP contribution in [0.15, 0.2) is 42.5 Å². The van der Waals surface area contributed by atoms with E-state index in [1.807, 2.05) is 12.1 Å². The first-order valence-electron chi connectivity index (χ1n) is 5.29. The minimum Gasteiger partial charge on any atom is -0.397 e. The van der Waals surface area contributed by atoms with Crippen molar-refractivity contribution >= 4 is 17.1 Å². The maximum Gasteiger partial charge on any atom is 0.123 e. The largest absolute Gasteiger partial charge is 0.397 e. The van der Waals surface area contributed by atoms with Gasteiger partial charge in [0.2, 0.25) is 0 Å². The van der Waals surface area contributed by atoms with Crippen LogP contribution in [0.5, 0.6) is 0 Å². The summed E-state index contributed by atoms with van der Waals surface area (Å²) in [5, 5.41) is 3.16. The van der Waals surface area contributed by atoms with Gasteiger partial charge in [0, 0.05) is 6.54 Å². The van der Waals surface area contributed by atoms with Crippen LogP contribution in [0.25, 0.3) is 0 Å². The van der Waals surface area contributed by atoms with Gasteiger partial charge in [-0.05, 0) is 29.8 Å². The zero-order valence-electron chi connectivity index (χ0n) is 9.28. The Bertz CT molecular complexity index is 509. The zero-order valence-corrected chi connectivity index (χ0v) is 9.28. The number of nitrogen functional groups attached to an aromatic ring is 2. The van der Waals surface area contributed by atoms with Gasteiger partial charge in [0.05, 0.1) is 17.1 Å². The van der Waals surface area contributed by atoms with Crippen LogP contribution < -0.4 is 16.8 Å². The Morgan fingerprint density at radius 1 is 1.00 bits per heavy atom. The number of benzene rings is 2. The van der Waals surface area contributed by atoms with E-state index in [2.05, 4.69) is 5.32 Å². The molecule has 0 atom stereocenters. The van der Waals surface area contributed by atoms with Gasteiger partial charge in [-0.3, -0.25) is 0 Å². The van der Waals surface area contributed by atoms with E-state index in [0.717, 1.165) is 11.3 Å². The molecule has 0 heterocycles. The molecule has 0 amide bonds. The summed E-state index contributed by atoms with van der Waals surface area (Å²) in [6.45, 7) is 0.577. The normalized spacial score (nSPS) is 10.2. The molecule has 0 fully saturated rings. The summed E-state index contributed by atoms with van der Waals surface area (Å²) in [6, 6.07) is 11.8. The van der Waals surface area contributed by atoms with Crippen molar-refractivity contribution < 1.29 is 4.39 Å². The molecule has 0 aliphatic rings. The molecule has 0 aliphatic carbocycles. The van der Waals surface area contributed by atoms with Crippen LogP contribution in [0.3, 0.4) is 0 Å². The van der Waals surface area contributed by atoms with Gasteiger partial charge >= 0.3 is 0 Å². The van der Waals surface area contributed by atoms with Crippen molar-refractivity contribution in [1.82, 2.24) is 0 Å². The van der Waals surface area contributed by atoms with Gasteiger partial charge in [0.15, 0.2) is 0 Å². The minimum atomic E-state index is -0.239. The predicted octanol–water partition coefficient (Wildman–Crippen LogP) is 2.60. The highest BCUT2D eigenvalue weighted by molar-refractivity contribution is 5.78. The molecule has 88 valence electrons. The summed E-state index contributed by atoms with van der Waals surface area (Å²) >= 11 is 0. The Labute approximate surface area is 99.2 Å². The van der Waals surface area contributed by atoms with Crippen LogP contribution in [0, 0.1) is 5.82 Å². The van der Waals surface area contributed by atoms with Gasteiger partial charge < -0.3 is 16.8 Å². The van der Waals surface area contributed by atoms with E-state index in [1.165, 1.54) is 12.1 Å². The molecule has 0 bridgehead atoms. The molecule has 4 heteroatoms. The molecule has 2 aromatic rings. The number of hydrogen-bond acceptors (Lipinski definition) is 3. The van der Waals surface area contributed by atoms with E-state index in [0.29, 0.717) is 17.9 Å². The standard InChI is InChI=1S/C13H14FN3/c14-10-6-4-9(5-7-10)8-17-12-3-1-2-11(15)13(12)16/h1-7,17H,8,15-16H2. The van der Waals surface area contributed by atoms with E-state index in [1.54, 1.807) is 18.2 Å². The summed E-state index contributed by atoms with van der Waals surface area (Å²) in [4.78, 5) is 0. The Morgan fingerprint density at radius 3 is 2.41 bits per heavy atom. The van der Waals surface area contributed by atoms with E-state index in [-0.39, 0.29) is 5.82 Å². The first kappa shape index (κ1) is 11.3. The monoisotopic (exact) mass is 231 g/mol. The third-order valence-electron chi connectivity index (χ3n) is 2.54. The lowest BCUT2D eigenvalue weighted by Gasteiger charge is -2.10. The third kappa shape index (κ3) is 2.66. The van der Waals surface area contributed by atoms with Crippen LogP contribution in [-0.4, -0.2) is 0 Å². The lowest BCUT2D eigenvalue weighted by atomic mass is 10.2. The molecule has 0 aliphatic heterocycles. The van der Waals surface area contributed by atoms with Gasteiger partial charge in [0.1, 0.15) is 5.82 Å². The number of anilines is 3. The van der Waals surface area contributed by atoms with Crippen LogP contribution in [0.4, 0.5) is 21.5 Å². The molecule has 0 aromatic heterocycles. The summed E-state index contributed by atoms with van der Waals surface area (Å²) < 4.78 is 12.7. The van der Waals surface area contributed by atoms with Crippen molar-refractivity contribution in [3.05, 3.63) is 53.8 Å². The Morgan fingerprint density at radius 2 is 1.71 bits per heavy atom. The fourth-order valence-corrected chi connectivity index (χ4v) is 1.54. The maximum absolute atomic E-state index is 12.7. The topological polar surface area (TPSA) is 64.1 Å². The first-order valence-corrected chi connectivity index (χ1v) is 5.29. The van der Waals surface area contributed by atoms with Gasteiger partial charge in [-0.2, -0.15) is 0 Å². The average Bonchev–Trinajstić information content (AvgIpc) is 2.33. The second-order valence-corrected chi connectivity index (χ2v) is 3.79. The molecule has 2 aromatic carbocycles. The van der Waals surface area contributed by atoms with E-state index < -0.39 is 0 Å². The Balaban J connectivity index is 2.07. The van der Waals surface area contributed by atoms with Crippen LogP contribution >= 0.6 is 0 Å². The van der Waals surface area contributed by atoms with Crippen molar-refractivity contribution in [3.63, 3.8) is 0 Å². The minimum absolute atomic E-state index is 0.239. The smallest absolute Gasteiger partial charge is 0.123 e. The molecule has 17 heavy (non-hydrogen) atoms. The van der Waals surface area contributed by atoms with Crippen molar-refractivity contribution in [2.45, 2.75) is 6.54 Å². The lowest BCUT2D eigenvalue weighted by molar-refractivity contribution is 0.627. The summed E-state index contributed by atoms with van der Waals surface area (Å²) in [5.74, 6) is -0.239. The fourth-order valence-electron chi connectivity index (χ4n) is 1.54. The number of halogens is 1. The van der Waals surface area contributed by atoms with Gasteiger partial charge in [0.25, 0.3) is 0 Å². The SMILES string of the molecule is Nc1cccc(NCc2ccc(F)cc2)c1N. The van der Waals surface area contributed by atoms with Crippen molar-refractivity contribution in [1.29, 1.82) is 0 Å². The number of nitrogens with two attached hydrogens (primary N) is 2. The maximum atomic E-state index is 12.7. The van der Waals surface area contributed by atoms with Crippen molar-refractivity contribution in [2.75, 3.05) is 16.8 Å². The molecule has 3 nitrogen and oxygen atoms in total. The van der Waals surface area contributed by atoms with Crippen molar-refractivity contribution in [3.8, 4) is 0 Å². The fraction of sp³-hybridized carbons (Fsp3) is 0.0769. The summed E-state index contributed by atoms with van der Waals surface area (Å²) in [5.41, 5.74) is 14.4. The molecule has 0 spiro atoms. The molecule has 0 unspecified atom stereocenters. The van der Waals surface area contributed by atoms with Crippen molar-refractivity contribution in [2.24, 2.45) is 0 Å². The second kappa shape index (κ2) is 4.74. The number of rotatable bonds is 3. The molecule has 0 saturated carbocycles. The number of para-hydroxylation sites is 1. The predicted molar refractivity (Wildman–Crippen MR) is 69.0 cm³/mol. The molecule has 5 N–H and O–H groups in total. The third-order valence-corrected chi connectivity index (χ3v) is 2.54. The molecular weight excluding hydrogens is 217 g/mol. The average molecular weight is 231 g/mol. The number of nitrogens with one attached hydrogen (secondary N) is 1. The first-order chi connectivity index (χ1) is 8.16. The second-order valence-electron chi connectivity index (χ2n) is 3.79. The summed E-state index contributed by atoms with van der Waals surface area (Å²) in [7, 11) is 0. The Kier molecular flexibility index (Phi) is 3.14. The van der Waals surface area contributed by atoms with E-state index in [4.69, 9.17) is 11.5 Å². The quantitative estimate of drug-likeness (QED) is 0.711. The molecule has 2 rings (SSSR count). The van der Waals surface area contributed by atoms with E-state index in [9.17, 15) is 4.39 Å². The number of hydrogen-bond donors (Lipinski definition) is 3.